The number of anilines is 1. The third-order valence-corrected chi connectivity index (χ3v) is 7.62. The van der Waals surface area contributed by atoms with Crippen molar-refractivity contribution >= 4 is 38.4 Å². The van der Waals surface area contributed by atoms with Gasteiger partial charge in [-0.05, 0) is 12.1 Å². The molecule has 2 heterocycles. The van der Waals surface area contributed by atoms with Gasteiger partial charge >= 0.3 is 0 Å². The number of nitrogens with zero attached hydrogens (tertiary/aromatic N) is 2. The lowest BCUT2D eigenvalue weighted by Gasteiger charge is -2.26. The minimum Gasteiger partial charge on any atom is -0.497 e. The molecule has 7 nitrogen and oxygen atoms in total. The molecular weight excluding hydrogens is 376 g/mol. The van der Waals surface area contributed by atoms with Gasteiger partial charge in [-0.3, -0.25) is 4.79 Å². The predicted molar refractivity (Wildman–Crippen MR) is 103 cm³/mol. The lowest BCUT2D eigenvalue weighted by molar-refractivity contribution is -0.120. The van der Waals surface area contributed by atoms with Crippen molar-refractivity contribution in [1.82, 2.24) is 0 Å². The van der Waals surface area contributed by atoms with E-state index in [1.165, 1.54) is 11.8 Å². The molecule has 2 aliphatic rings. The first-order valence-electron chi connectivity index (χ1n) is 8.26. The number of ether oxygens (including phenoxy) is 2. The van der Waals surface area contributed by atoms with Gasteiger partial charge < -0.3 is 14.4 Å². The second-order valence-corrected chi connectivity index (χ2v) is 9.96. The molecule has 142 valence electrons. The van der Waals surface area contributed by atoms with Crippen LogP contribution in [0.4, 0.5) is 5.69 Å². The van der Waals surface area contributed by atoms with Crippen molar-refractivity contribution < 1.29 is 22.7 Å². The summed E-state index contributed by atoms with van der Waals surface area (Å²) in [6.07, 6.45) is 0. The van der Waals surface area contributed by atoms with Crippen LogP contribution in [0.2, 0.25) is 0 Å². The van der Waals surface area contributed by atoms with Crippen LogP contribution in [0.25, 0.3) is 0 Å². The normalized spacial score (nSPS) is 25.6. The smallest absolute Gasteiger partial charge is 0.250 e. The summed E-state index contributed by atoms with van der Waals surface area (Å²) in [4.78, 5) is 18.3. The monoisotopic (exact) mass is 398 g/mol. The maximum Gasteiger partial charge on any atom is 0.250 e. The summed E-state index contributed by atoms with van der Waals surface area (Å²) < 4.78 is 35.0. The first-order chi connectivity index (χ1) is 12.3. The largest absolute Gasteiger partial charge is 0.497 e. The predicted octanol–water partition coefficient (Wildman–Crippen LogP) is 1.96. The van der Waals surface area contributed by atoms with Crippen molar-refractivity contribution in [2.24, 2.45) is 10.9 Å². The van der Waals surface area contributed by atoms with Crippen molar-refractivity contribution in [1.29, 1.82) is 0 Å². The number of amides is 1. The molecule has 1 amide bonds. The van der Waals surface area contributed by atoms with Crippen molar-refractivity contribution in [3.63, 3.8) is 0 Å². The summed E-state index contributed by atoms with van der Waals surface area (Å²) in [7, 11) is -0.0153. The minimum atomic E-state index is -3.12. The van der Waals surface area contributed by atoms with Gasteiger partial charge in [-0.1, -0.05) is 25.6 Å². The van der Waals surface area contributed by atoms with Crippen LogP contribution in [0.15, 0.2) is 23.2 Å². The fourth-order valence-corrected chi connectivity index (χ4v) is 6.97. The molecule has 2 atom stereocenters. The van der Waals surface area contributed by atoms with Gasteiger partial charge in [-0.15, -0.1) is 0 Å². The number of methoxy groups -OCH3 is 2. The van der Waals surface area contributed by atoms with E-state index in [4.69, 9.17) is 9.47 Å². The fraction of sp³-hybridized carbons (Fsp3) is 0.529. The van der Waals surface area contributed by atoms with Crippen molar-refractivity contribution in [2.75, 3.05) is 30.6 Å². The summed E-state index contributed by atoms with van der Waals surface area (Å²) in [6, 6.07) is 5.02. The Kier molecular flexibility index (Phi) is 5.21. The third kappa shape index (κ3) is 3.55. The van der Waals surface area contributed by atoms with E-state index in [0.717, 1.165) is 0 Å². The van der Waals surface area contributed by atoms with E-state index in [-0.39, 0.29) is 34.6 Å². The molecule has 0 unspecified atom stereocenters. The maximum atomic E-state index is 12.2. The highest BCUT2D eigenvalue weighted by molar-refractivity contribution is 8.16. The summed E-state index contributed by atoms with van der Waals surface area (Å²) in [5.41, 5.74) is 0.652. The number of benzene rings is 1. The van der Waals surface area contributed by atoms with E-state index in [0.29, 0.717) is 22.4 Å². The van der Waals surface area contributed by atoms with E-state index >= 15 is 0 Å². The number of carbonyl (C=O) groups excluding carboxylic acids is 1. The van der Waals surface area contributed by atoms with E-state index in [2.05, 4.69) is 4.99 Å². The molecule has 2 aliphatic heterocycles. The number of amidine groups is 1. The molecule has 1 aromatic rings. The summed E-state index contributed by atoms with van der Waals surface area (Å²) in [5, 5.41) is 0.356. The fourth-order valence-electron chi connectivity index (χ4n) is 3.05. The Morgan fingerprint density at radius 2 is 2.00 bits per heavy atom. The number of aliphatic imine (C=N–C) groups is 1. The van der Waals surface area contributed by atoms with Gasteiger partial charge in [0.15, 0.2) is 15.0 Å². The topological polar surface area (TPSA) is 85.3 Å². The Bertz CT molecular complexity index is 851. The van der Waals surface area contributed by atoms with Crippen molar-refractivity contribution in [2.45, 2.75) is 25.1 Å². The van der Waals surface area contributed by atoms with Gasteiger partial charge in [-0.25, -0.2) is 8.42 Å². The van der Waals surface area contributed by atoms with Crippen LogP contribution in [0.5, 0.6) is 11.5 Å². The molecule has 2 saturated heterocycles. The number of carbonyl (C=O) groups is 1. The SMILES string of the molecule is COc1ccc(OC)c(N2C(=NC(=O)C(C)C)S[C@H]3CS(=O)(=O)C[C@H]32)c1. The van der Waals surface area contributed by atoms with Crippen LogP contribution >= 0.6 is 11.8 Å². The molecule has 0 aromatic heterocycles. The highest BCUT2D eigenvalue weighted by Crippen LogP contribution is 2.45. The number of thioether (sulfide) groups is 1. The van der Waals surface area contributed by atoms with E-state index in [1.807, 2.05) is 4.90 Å². The molecule has 2 fully saturated rings. The average molecular weight is 399 g/mol. The number of rotatable bonds is 4. The van der Waals surface area contributed by atoms with Crippen LogP contribution in [-0.2, 0) is 14.6 Å². The van der Waals surface area contributed by atoms with Crippen LogP contribution in [0.1, 0.15) is 13.8 Å². The van der Waals surface area contributed by atoms with E-state index in [9.17, 15) is 13.2 Å². The molecule has 1 aromatic carbocycles. The zero-order valence-corrected chi connectivity index (χ0v) is 16.8. The summed E-state index contributed by atoms with van der Waals surface area (Å²) >= 11 is 1.34. The second kappa shape index (κ2) is 7.11. The van der Waals surface area contributed by atoms with Gasteiger partial charge in [0.1, 0.15) is 11.5 Å². The van der Waals surface area contributed by atoms with Crippen LogP contribution in [0, 0.1) is 5.92 Å². The molecule has 0 N–H and O–H groups in total. The Labute approximate surface area is 157 Å². The molecule has 26 heavy (non-hydrogen) atoms. The number of hydrogen-bond donors (Lipinski definition) is 0. The van der Waals surface area contributed by atoms with Crippen LogP contribution in [-0.4, -0.2) is 56.5 Å². The number of hydrogen-bond acceptors (Lipinski definition) is 6. The minimum absolute atomic E-state index is 0.0277. The van der Waals surface area contributed by atoms with E-state index < -0.39 is 9.84 Å². The maximum absolute atomic E-state index is 12.2. The molecule has 0 saturated carbocycles. The lowest BCUT2D eigenvalue weighted by Crippen LogP contribution is -2.38. The molecule has 9 heteroatoms. The van der Waals surface area contributed by atoms with Gasteiger partial charge in [-0.2, -0.15) is 4.99 Å². The van der Waals surface area contributed by atoms with E-state index in [1.54, 1.807) is 46.3 Å². The van der Waals surface area contributed by atoms with Gasteiger partial charge in [0.2, 0.25) is 0 Å². The standard InChI is InChI=1S/C17H22N2O5S2/c1-10(2)16(20)18-17-19(13-8-26(21,22)9-15(13)25-17)12-7-11(23-3)5-6-14(12)24-4/h5-7,10,13,15H,8-9H2,1-4H3/t13-,15+/m1/s1. The quantitative estimate of drug-likeness (QED) is 0.766. The average Bonchev–Trinajstić information content (AvgIpc) is 3.04. The van der Waals surface area contributed by atoms with Crippen molar-refractivity contribution in [3.05, 3.63) is 18.2 Å². The Balaban J connectivity index is 2.11. The molecule has 0 radical (unpaired) electrons. The molecule has 0 spiro atoms. The molecule has 3 rings (SSSR count). The Morgan fingerprint density at radius 3 is 2.62 bits per heavy atom. The van der Waals surface area contributed by atoms with Crippen molar-refractivity contribution in [3.8, 4) is 11.5 Å². The third-order valence-electron chi connectivity index (χ3n) is 4.41. The number of sulfone groups is 1. The molecular formula is C17H22N2O5S2. The second-order valence-electron chi connectivity index (χ2n) is 6.60. The van der Waals surface area contributed by atoms with Crippen LogP contribution < -0.4 is 14.4 Å². The molecule has 0 aliphatic carbocycles. The Hall–Kier alpha value is -1.74. The number of fused-ring (bicyclic) bond motifs is 1. The zero-order chi connectivity index (χ0) is 19.1. The molecule has 0 bridgehead atoms. The summed E-state index contributed by atoms with van der Waals surface area (Å²) in [5.74, 6) is 0.828. The van der Waals surface area contributed by atoms with Gasteiger partial charge in [0.05, 0.1) is 37.5 Å². The Morgan fingerprint density at radius 1 is 1.27 bits per heavy atom. The zero-order valence-electron chi connectivity index (χ0n) is 15.1. The summed E-state index contributed by atoms with van der Waals surface area (Å²) in [6.45, 7) is 3.57. The highest BCUT2D eigenvalue weighted by atomic mass is 32.2. The highest BCUT2D eigenvalue weighted by Gasteiger charge is 2.50. The van der Waals surface area contributed by atoms with Gasteiger partial charge in [0.25, 0.3) is 5.91 Å². The first kappa shape index (κ1) is 19.0. The first-order valence-corrected chi connectivity index (χ1v) is 11.0. The lowest BCUT2D eigenvalue weighted by atomic mass is 10.1. The van der Waals surface area contributed by atoms with Gasteiger partial charge in [0, 0.05) is 17.2 Å². The van der Waals surface area contributed by atoms with Crippen LogP contribution in [0.3, 0.4) is 0 Å².